The van der Waals surface area contributed by atoms with Gasteiger partial charge in [0.25, 0.3) is 0 Å². The van der Waals surface area contributed by atoms with Crippen molar-refractivity contribution in [1.82, 2.24) is 5.32 Å². The van der Waals surface area contributed by atoms with Crippen LogP contribution in [-0.2, 0) is 14.3 Å². The molecule has 1 heterocycles. The van der Waals surface area contributed by atoms with E-state index in [0.29, 0.717) is 18.1 Å². The van der Waals surface area contributed by atoms with Crippen molar-refractivity contribution in [2.75, 3.05) is 19.4 Å². The van der Waals surface area contributed by atoms with Crippen molar-refractivity contribution in [3.63, 3.8) is 0 Å². The van der Waals surface area contributed by atoms with Crippen LogP contribution in [0.5, 0.6) is 0 Å². The monoisotopic (exact) mass is 271 g/mol. The SMILES string of the molecule is CSC1=NCC(/C(=C\N)CCOC(C)=O)C(=O)N1. The summed E-state index contributed by atoms with van der Waals surface area (Å²) in [5.41, 5.74) is 6.25. The Morgan fingerprint density at radius 3 is 2.94 bits per heavy atom. The molecule has 1 atom stereocenters. The summed E-state index contributed by atoms with van der Waals surface area (Å²) in [6.45, 7) is 1.94. The topological polar surface area (TPSA) is 93.8 Å². The summed E-state index contributed by atoms with van der Waals surface area (Å²) >= 11 is 1.39. The Bertz CT molecular complexity index is 393. The Hall–Kier alpha value is -1.50. The highest BCUT2D eigenvalue weighted by Crippen LogP contribution is 2.19. The van der Waals surface area contributed by atoms with E-state index in [2.05, 4.69) is 10.3 Å². The number of ether oxygens (including phenoxy) is 1. The fourth-order valence-corrected chi connectivity index (χ4v) is 1.98. The number of hydrogen-bond acceptors (Lipinski definition) is 6. The molecule has 6 nitrogen and oxygen atoms in total. The quantitative estimate of drug-likeness (QED) is 0.715. The van der Waals surface area contributed by atoms with Crippen LogP contribution in [0, 0.1) is 5.92 Å². The molecule has 0 radical (unpaired) electrons. The van der Waals surface area contributed by atoms with Crippen LogP contribution in [0.2, 0.25) is 0 Å². The zero-order chi connectivity index (χ0) is 13.5. The number of aliphatic imine (C=N–C) groups is 1. The van der Waals surface area contributed by atoms with Crippen molar-refractivity contribution < 1.29 is 14.3 Å². The molecule has 0 bridgehead atoms. The van der Waals surface area contributed by atoms with Crippen molar-refractivity contribution in [2.45, 2.75) is 13.3 Å². The second-order valence-electron chi connectivity index (χ2n) is 3.72. The van der Waals surface area contributed by atoms with Crippen molar-refractivity contribution in [1.29, 1.82) is 0 Å². The number of rotatable bonds is 4. The Morgan fingerprint density at radius 2 is 2.44 bits per heavy atom. The molecule has 1 unspecified atom stereocenters. The second kappa shape index (κ2) is 7.05. The highest BCUT2D eigenvalue weighted by molar-refractivity contribution is 8.13. The van der Waals surface area contributed by atoms with Crippen LogP contribution in [0.15, 0.2) is 16.8 Å². The van der Waals surface area contributed by atoms with Crippen LogP contribution < -0.4 is 11.1 Å². The first-order valence-corrected chi connectivity index (χ1v) is 6.74. The van der Waals surface area contributed by atoms with E-state index in [-0.39, 0.29) is 24.4 Å². The number of nitrogens with one attached hydrogen (secondary N) is 1. The number of carbonyl (C=O) groups excluding carboxylic acids is 2. The molecular weight excluding hydrogens is 254 g/mol. The first kappa shape index (κ1) is 14.6. The Kier molecular flexibility index (Phi) is 5.70. The Morgan fingerprint density at radius 1 is 1.72 bits per heavy atom. The smallest absolute Gasteiger partial charge is 0.302 e. The number of nitrogens with zero attached hydrogens (tertiary/aromatic N) is 1. The fourth-order valence-electron chi connectivity index (χ4n) is 1.58. The number of amides is 1. The average Bonchev–Trinajstić information content (AvgIpc) is 2.35. The molecule has 0 saturated heterocycles. The normalized spacial score (nSPS) is 20.1. The maximum Gasteiger partial charge on any atom is 0.302 e. The van der Waals surface area contributed by atoms with Gasteiger partial charge in [-0.05, 0) is 18.0 Å². The van der Waals surface area contributed by atoms with Gasteiger partial charge in [0.2, 0.25) is 5.91 Å². The summed E-state index contributed by atoms with van der Waals surface area (Å²) < 4.78 is 4.84. The van der Waals surface area contributed by atoms with E-state index in [4.69, 9.17) is 10.5 Å². The van der Waals surface area contributed by atoms with Crippen LogP contribution >= 0.6 is 11.8 Å². The zero-order valence-corrected chi connectivity index (χ0v) is 11.3. The molecule has 100 valence electrons. The Labute approximate surface area is 110 Å². The van der Waals surface area contributed by atoms with Gasteiger partial charge in [-0.1, -0.05) is 11.8 Å². The van der Waals surface area contributed by atoms with Gasteiger partial charge in [0, 0.05) is 13.3 Å². The third kappa shape index (κ3) is 4.06. The molecule has 0 aromatic rings. The van der Waals surface area contributed by atoms with E-state index in [1.807, 2.05) is 6.26 Å². The van der Waals surface area contributed by atoms with Gasteiger partial charge in [0.1, 0.15) is 0 Å². The van der Waals surface area contributed by atoms with Crippen LogP contribution in [0.25, 0.3) is 0 Å². The summed E-state index contributed by atoms with van der Waals surface area (Å²) in [4.78, 5) is 26.7. The van der Waals surface area contributed by atoms with Crippen LogP contribution in [0.1, 0.15) is 13.3 Å². The summed E-state index contributed by atoms with van der Waals surface area (Å²) in [5.74, 6) is -0.836. The zero-order valence-electron chi connectivity index (χ0n) is 10.4. The van der Waals surface area contributed by atoms with E-state index in [1.54, 1.807) is 0 Å². The first-order chi connectivity index (χ1) is 8.58. The standard InChI is InChI=1S/C11H17N3O3S/c1-7(15)17-4-3-8(5-12)9-6-13-11(18-2)14-10(9)16/h5,9H,3-4,6,12H2,1-2H3,(H,13,14,16)/b8-5-. The molecule has 0 aliphatic carbocycles. The fraction of sp³-hybridized carbons (Fsp3) is 0.545. The summed E-state index contributed by atoms with van der Waals surface area (Å²) in [6.07, 6.45) is 3.69. The first-order valence-electron chi connectivity index (χ1n) is 5.51. The van der Waals surface area contributed by atoms with E-state index >= 15 is 0 Å². The van der Waals surface area contributed by atoms with Gasteiger partial charge in [-0.2, -0.15) is 0 Å². The van der Waals surface area contributed by atoms with Gasteiger partial charge in [-0.3, -0.25) is 14.6 Å². The van der Waals surface area contributed by atoms with Gasteiger partial charge in [-0.25, -0.2) is 0 Å². The minimum Gasteiger partial charge on any atom is -0.466 e. The van der Waals surface area contributed by atoms with E-state index < -0.39 is 0 Å². The third-order valence-electron chi connectivity index (χ3n) is 2.52. The molecule has 3 N–H and O–H groups in total. The maximum absolute atomic E-state index is 11.9. The minimum absolute atomic E-state index is 0.117. The maximum atomic E-state index is 11.9. The van der Waals surface area contributed by atoms with Gasteiger partial charge in [0.15, 0.2) is 5.17 Å². The molecule has 1 rings (SSSR count). The van der Waals surface area contributed by atoms with Crippen molar-refractivity contribution in [2.24, 2.45) is 16.6 Å². The number of amidine groups is 1. The molecule has 1 amide bonds. The van der Waals surface area contributed by atoms with E-state index in [1.165, 1.54) is 24.9 Å². The van der Waals surface area contributed by atoms with Crippen LogP contribution in [0.3, 0.4) is 0 Å². The van der Waals surface area contributed by atoms with Gasteiger partial charge >= 0.3 is 5.97 Å². The molecule has 0 fully saturated rings. The minimum atomic E-state index is -0.374. The van der Waals surface area contributed by atoms with Crippen molar-refractivity contribution in [3.8, 4) is 0 Å². The van der Waals surface area contributed by atoms with E-state index in [9.17, 15) is 9.59 Å². The lowest BCUT2D eigenvalue weighted by molar-refractivity contribution is -0.140. The largest absolute Gasteiger partial charge is 0.466 e. The second-order valence-corrected chi connectivity index (χ2v) is 4.52. The summed E-state index contributed by atoms with van der Waals surface area (Å²) in [6, 6.07) is 0. The Balaban J connectivity index is 2.59. The lowest BCUT2D eigenvalue weighted by Crippen LogP contribution is -2.41. The van der Waals surface area contributed by atoms with E-state index in [0.717, 1.165) is 5.57 Å². The summed E-state index contributed by atoms with van der Waals surface area (Å²) in [5, 5.41) is 3.32. The average molecular weight is 271 g/mol. The molecule has 0 saturated carbocycles. The summed E-state index contributed by atoms with van der Waals surface area (Å²) in [7, 11) is 0. The molecule has 0 aromatic heterocycles. The predicted molar refractivity (Wildman–Crippen MR) is 71.0 cm³/mol. The molecular formula is C11H17N3O3S. The number of nitrogens with two attached hydrogens (primary N) is 1. The van der Waals surface area contributed by atoms with Crippen LogP contribution in [0.4, 0.5) is 0 Å². The lowest BCUT2D eigenvalue weighted by atomic mass is 9.96. The number of thioether (sulfide) groups is 1. The molecule has 0 spiro atoms. The van der Waals surface area contributed by atoms with Gasteiger partial charge in [0.05, 0.1) is 19.1 Å². The number of carbonyl (C=O) groups is 2. The molecule has 18 heavy (non-hydrogen) atoms. The molecule has 7 heteroatoms. The number of esters is 1. The predicted octanol–water partition coefficient (Wildman–Crippen LogP) is 0.247. The van der Waals surface area contributed by atoms with Crippen molar-refractivity contribution >= 4 is 28.8 Å². The van der Waals surface area contributed by atoms with Gasteiger partial charge < -0.3 is 15.8 Å². The number of hydrogen-bond donors (Lipinski definition) is 2. The molecule has 1 aliphatic rings. The third-order valence-corrected chi connectivity index (χ3v) is 3.13. The molecule has 0 aromatic carbocycles. The van der Waals surface area contributed by atoms with Gasteiger partial charge in [-0.15, -0.1) is 0 Å². The lowest BCUT2D eigenvalue weighted by Gasteiger charge is -2.22. The highest BCUT2D eigenvalue weighted by atomic mass is 32.2. The molecule has 1 aliphatic heterocycles. The highest BCUT2D eigenvalue weighted by Gasteiger charge is 2.27. The van der Waals surface area contributed by atoms with Crippen LogP contribution in [-0.4, -0.2) is 36.5 Å². The van der Waals surface area contributed by atoms with Crippen molar-refractivity contribution in [3.05, 3.63) is 11.8 Å².